The summed E-state index contributed by atoms with van der Waals surface area (Å²) in [5, 5.41) is 8.50. The molecular formula is C20H25N3S. The van der Waals surface area contributed by atoms with E-state index in [9.17, 15) is 0 Å². The highest BCUT2D eigenvalue weighted by Gasteiger charge is 2.51. The summed E-state index contributed by atoms with van der Waals surface area (Å²) in [4.78, 5) is 0. The number of nitrogens with one attached hydrogen (secondary N) is 2. The van der Waals surface area contributed by atoms with Gasteiger partial charge in [0.2, 0.25) is 0 Å². The zero-order valence-electron chi connectivity index (χ0n) is 13.9. The lowest BCUT2D eigenvalue weighted by molar-refractivity contribution is -0.0101. The van der Waals surface area contributed by atoms with Crippen LogP contribution in [0.2, 0.25) is 0 Å². The molecule has 2 N–H and O–H groups in total. The Bertz CT molecular complexity index is 615. The van der Waals surface area contributed by atoms with Crippen molar-refractivity contribution in [1.29, 1.82) is 0 Å². The van der Waals surface area contributed by atoms with E-state index in [2.05, 4.69) is 28.0 Å². The van der Waals surface area contributed by atoms with Crippen molar-refractivity contribution in [2.75, 3.05) is 0 Å². The Labute approximate surface area is 149 Å². The SMILES string of the molecule is S=C(N/N=C\C=C/c1ccccc1)NC12CC3CC(CC(C3)C1)C2. The van der Waals surface area contributed by atoms with Crippen molar-refractivity contribution in [2.24, 2.45) is 22.9 Å². The third-order valence-corrected chi connectivity index (χ3v) is 6.03. The second-order valence-corrected chi connectivity index (χ2v) is 8.22. The van der Waals surface area contributed by atoms with Gasteiger partial charge in [-0.3, -0.25) is 5.43 Å². The van der Waals surface area contributed by atoms with Crippen LogP contribution in [0.4, 0.5) is 0 Å². The van der Waals surface area contributed by atoms with Crippen LogP contribution in [0.25, 0.3) is 6.08 Å². The zero-order chi connectivity index (χ0) is 16.4. The van der Waals surface area contributed by atoms with Gasteiger partial charge < -0.3 is 5.32 Å². The number of benzene rings is 1. The first-order valence-electron chi connectivity index (χ1n) is 9.04. The van der Waals surface area contributed by atoms with Crippen molar-refractivity contribution in [1.82, 2.24) is 10.7 Å². The molecule has 0 aliphatic heterocycles. The van der Waals surface area contributed by atoms with Gasteiger partial charge in [-0.05, 0) is 80.1 Å². The summed E-state index contributed by atoms with van der Waals surface area (Å²) in [5.41, 5.74) is 4.39. The molecule has 0 spiro atoms. The number of nitrogens with zero attached hydrogens (tertiary/aromatic N) is 1. The second-order valence-electron chi connectivity index (χ2n) is 7.81. The van der Waals surface area contributed by atoms with E-state index < -0.39 is 0 Å². The van der Waals surface area contributed by atoms with Gasteiger partial charge in [-0.25, -0.2) is 0 Å². The third-order valence-electron chi connectivity index (χ3n) is 5.83. The molecule has 0 radical (unpaired) electrons. The van der Waals surface area contributed by atoms with E-state index in [-0.39, 0.29) is 5.54 Å². The van der Waals surface area contributed by atoms with E-state index in [0.29, 0.717) is 5.11 Å². The molecule has 0 amide bonds. The molecule has 3 nitrogen and oxygen atoms in total. The minimum atomic E-state index is 0.244. The second kappa shape index (κ2) is 6.67. The number of hydrogen-bond donors (Lipinski definition) is 2. The highest BCUT2D eigenvalue weighted by molar-refractivity contribution is 7.80. The van der Waals surface area contributed by atoms with Crippen molar-refractivity contribution in [3.05, 3.63) is 42.0 Å². The van der Waals surface area contributed by atoms with Gasteiger partial charge in [0.1, 0.15) is 0 Å². The third kappa shape index (κ3) is 3.54. The first-order chi connectivity index (χ1) is 11.7. The smallest absolute Gasteiger partial charge is 0.187 e. The number of allylic oxidation sites excluding steroid dienone is 1. The van der Waals surface area contributed by atoms with Gasteiger partial charge in [-0.15, -0.1) is 0 Å². The maximum absolute atomic E-state index is 5.47. The van der Waals surface area contributed by atoms with Crippen LogP contribution in [0.3, 0.4) is 0 Å². The lowest BCUT2D eigenvalue weighted by Crippen LogP contribution is -2.61. The summed E-state index contributed by atoms with van der Waals surface area (Å²) in [7, 11) is 0. The molecular weight excluding hydrogens is 314 g/mol. The van der Waals surface area contributed by atoms with E-state index in [0.717, 1.165) is 17.8 Å². The number of hydrazone groups is 1. The Morgan fingerprint density at radius 1 is 1.04 bits per heavy atom. The minimum Gasteiger partial charge on any atom is -0.356 e. The summed E-state index contributed by atoms with van der Waals surface area (Å²) >= 11 is 5.47. The van der Waals surface area contributed by atoms with Crippen LogP contribution < -0.4 is 10.7 Å². The Hall–Kier alpha value is -1.68. The molecule has 0 atom stereocenters. The molecule has 5 rings (SSSR count). The predicted molar refractivity (Wildman–Crippen MR) is 104 cm³/mol. The number of rotatable bonds is 4. The molecule has 126 valence electrons. The quantitative estimate of drug-likeness (QED) is 0.492. The zero-order valence-corrected chi connectivity index (χ0v) is 14.8. The molecule has 24 heavy (non-hydrogen) atoms. The van der Waals surface area contributed by atoms with Crippen LogP contribution in [-0.2, 0) is 0 Å². The highest BCUT2D eigenvalue weighted by Crippen LogP contribution is 2.55. The maximum atomic E-state index is 5.47. The van der Waals surface area contributed by atoms with Gasteiger partial charge in [-0.1, -0.05) is 36.4 Å². The van der Waals surface area contributed by atoms with Crippen molar-refractivity contribution in [2.45, 2.75) is 44.1 Å². The van der Waals surface area contributed by atoms with E-state index in [4.69, 9.17) is 12.2 Å². The van der Waals surface area contributed by atoms with Gasteiger partial charge in [0.15, 0.2) is 5.11 Å². The lowest BCUT2D eigenvalue weighted by Gasteiger charge is -2.57. The molecule has 4 aliphatic carbocycles. The molecule has 0 heterocycles. The van der Waals surface area contributed by atoms with Crippen LogP contribution in [0, 0.1) is 17.8 Å². The lowest BCUT2D eigenvalue weighted by atomic mass is 9.53. The average molecular weight is 340 g/mol. The van der Waals surface area contributed by atoms with E-state index in [1.807, 2.05) is 30.4 Å². The van der Waals surface area contributed by atoms with Gasteiger partial charge in [0, 0.05) is 11.8 Å². The van der Waals surface area contributed by atoms with Crippen molar-refractivity contribution >= 4 is 29.6 Å². The Morgan fingerprint density at radius 3 is 2.29 bits per heavy atom. The standard InChI is InChI=1S/C20H25N3S/c24-19(23-21-8-4-7-15-5-2-1-3-6-15)22-20-12-16-9-17(13-20)11-18(10-16)14-20/h1-8,16-18H,9-14H2,(H2,22,23,24)/b7-4-,21-8-. The largest absolute Gasteiger partial charge is 0.356 e. The molecule has 4 saturated carbocycles. The predicted octanol–water partition coefficient (Wildman–Crippen LogP) is 4.12. The summed E-state index contributed by atoms with van der Waals surface area (Å²) in [5.74, 6) is 2.76. The average Bonchev–Trinajstić information content (AvgIpc) is 2.53. The van der Waals surface area contributed by atoms with E-state index in [1.165, 1.54) is 44.1 Å². The molecule has 1 aromatic carbocycles. The van der Waals surface area contributed by atoms with Gasteiger partial charge in [0.05, 0.1) is 0 Å². The highest BCUT2D eigenvalue weighted by atomic mass is 32.1. The normalized spacial score (nSPS) is 34.1. The monoisotopic (exact) mass is 339 g/mol. The Balaban J connectivity index is 1.28. The first-order valence-corrected chi connectivity index (χ1v) is 9.45. The van der Waals surface area contributed by atoms with Crippen LogP contribution in [0.15, 0.2) is 41.5 Å². The van der Waals surface area contributed by atoms with Crippen LogP contribution >= 0.6 is 12.2 Å². The van der Waals surface area contributed by atoms with Crippen LogP contribution in [0.5, 0.6) is 0 Å². The van der Waals surface area contributed by atoms with E-state index >= 15 is 0 Å². The molecule has 0 aromatic heterocycles. The maximum Gasteiger partial charge on any atom is 0.187 e. The summed E-state index contributed by atoms with van der Waals surface area (Å²) in [6, 6.07) is 10.2. The summed E-state index contributed by atoms with van der Waals surface area (Å²) in [6.07, 6.45) is 13.9. The molecule has 4 heteroatoms. The van der Waals surface area contributed by atoms with Crippen molar-refractivity contribution < 1.29 is 0 Å². The fourth-order valence-corrected chi connectivity index (χ4v) is 5.66. The van der Waals surface area contributed by atoms with Gasteiger partial charge in [-0.2, -0.15) is 5.10 Å². The molecule has 4 fully saturated rings. The summed E-state index contributed by atoms with van der Waals surface area (Å²) < 4.78 is 0. The minimum absolute atomic E-state index is 0.244. The Morgan fingerprint density at radius 2 is 1.67 bits per heavy atom. The molecule has 4 bridgehead atoms. The summed E-state index contributed by atoms with van der Waals surface area (Å²) in [6.45, 7) is 0. The Kier molecular flexibility index (Phi) is 4.40. The van der Waals surface area contributed by atoms with E-state index in [1.54, 1.807) is 6.21 Å². The molecule has 0 unspecified atom stereocenters. The molecule has 4 aliphatic rings. The van der Waals surface area contributed by atoms with Crippen LogP contribution in [0.1, 0.15) is 44.1 Å². The van der Waals surface area contributed by atoms with Crippen LogP contribution in [-0.4, -0.2) is 16.9 Å². The van der Waals surface area contributed by atoms with Crippen molar-refractivity contribution in [3.63, 3.8) is 0 Å². The fourth-order valence-electron chi connectivity index (χ4n) is 5.39. The van der Waals surface area contributed by atoms with Crippen molar-refractivity contribution in [3.8, 4) is 0 Å². The first kappa shape index (κ1) is 15.8. The number of hydrogen-bond acceptors (Lipinski definition) is 2. The van der Waals surface area contributed by atoms with Gasteiger partial charge >= 0.3 is 0 Å². The van der Waals surface area contributed by atoms with Gasteiger partial charge in [0.25, 0.3) is 0 Å². The fraction of sp³-hybridized carbons (Fsp3) is 0.500. The molecule has 1 aromatic rings. The number of thiocarbonyl (C=S) groups is 1. The topological polar surface area (TPSA) is 36.4 Å². The molecule has 0 saturated heterocycles.